The molecule has 19 heavy (non-hydrogen) atoms. The predicted molar refractivity (Wildman–Crippen MR) is 79.1 cm³/mol. The van der Waals surface area contributed by atoms with Crippen molar-refractivity contribution in [1.29, 1.82) is 0 Å². The van der Waals surface area contributed by atoms with Crippen molar-refractivity contribution < 1.29 is 4.42 Å². The molecular formula is C16H28N2O. The predicted octanol–water partition coefficient (Wildman–Crippen LogP) is 3.32. The Hall–Kier alpha value is -0.800. The zero-order chi connectivity index (χ0) is 13.8. The first kappa shape index (κ1) is 14.6. The normalized spacial score (nSPS) is 24.8. The minimum absolute atomic E-state index is 0.679. The first-order valence-electron chi connectivity index (χ1n) is 7.63. The van der Waals surface area contributed by atoms with Gasteiger partial charge >= 0.3 is 0 Å². The van der Waals surface area contributed by atoms with Gasteiger partial charge < -0.3 is 9.73 Å². The third-order valence-electron chi connectivity index (χ3n) is 4.21. The van der Waals surface area contributed by atoms with E-state index in [4.69, 9.17) is 4.42 Å². The van der Waals surface area contributed by atoms with Gasteiger partial charge in [0.2, 0.25) is 0 Å². The number of aryl methyl sites for hydroxylation is 1. The highest BCUT2D eigenvalue weighted by molar-refractivity contribution is 5.20. The number of nitrogens with one attached hydrogen (secondary N) is 1. The summed E-state index contributed by atoms with van der Waals surface area (Å²) in [6.07, 6.45) is 2.67. The van der Waals surface area contributed by atoms with Gasteiger partial charge in [0.1, 0.15) is 11.5 Å². The van der Waals surface area contributed by atoms with Crippen molar-refractivity contribution in [2.75, 3.05) is 13.1 Å². The third kappa shape index (κ3) is 3.83. The molecule has 0 amide bonds. The Labute approximate surface area is 117 Å². The number of hydrogen-bond acceptors (Lipinski definition) is 3. The highest BCUT2D eigenvalue weighted by Gasteiger charge is 2.23. The van der Waals surface area contributed by atoms with Crippen molar-refractivity contribution in [3.05, 3.63) is 23.2 Å². The summed E-state index contributed by atoms with van der Waals surface area (Å²) in [6, 6.07) is 2.89. The van der Waals surface area contributed by atoms with Crippen molar-refractivity contribution in [2.24, 2.45) is 5.92 Å². The molecule has 0 aliphatic carbocycles. The molecule has 2 heterocycles. The molecule has 1 fully saturated rings. The summed E-state index contributed by atoms with van der Waals surface area (Å²) in [4.78, 5) is 2.56. The quantitative estimate of drug-likeness (QED) is 0.884. The monoisotopic (exact) mass is 264 g/mol. The molecule has 3 heteroatoms. The zero-order valence-electron chi connectivity index (χ0n) is 12.8. The summed E-state index contributed by atoms with van der Waals surface area (Å²) >= 11 is 0. The minimum Gasteiger partial charge on any atom is -0.463 e. The summed E-state index contributed by atoms with van der Waals surface area (Å²) in [5.74, 6) is 3.02. The summed E-state index contributed by atoms with van der Waals surface area (Å²) in [7, 11) is 0. The second-order valence-corrected chi connectivity index (χ2v) is 6.06. The Bertz CT molecular complexity index is 399. The van der Waals surface area contributed by atoms with Gasteiger partial charge in [-0.25, -0.2) is 0 Å². The fraction of sp³-hybridized carbons (Fsp3) is 0.750. The number of furan rings is 1. The molecule has 2 unspecified atom stereocenters. The van der Waals surface area contributed by atoms with Crippen molar-refractivity contribution in [3.63, 3.8) is 0 Å². The summed E-state index contributed by atoms with van der Waals surface area (Å²) in [5.41, 5.74) is 1.27. The largest absolute Gasteiger partial charge is 0.463 e. The number of nitrogens with zero attached hydrogens (tertiary/aromatic N) is 1. The van der Waals surface area contributed by atoms with E-state index >= 15 is 0 Å². The lowest BCUT2D eigenvalue weighted by atomic mass is 9.95. The second kappa shape index (κ2) is 6.58. The summed E-state index contributed by atoms with van der Waals surface area (Å²) in [6.45, 7) is 12.9. The highest BCUT2D eigenvalue weighted by atomic mass is 16.3. The molecule has 0 radical (unpaired) electrons. The lowest BCUT2D eigenvalue weighted by Crippen LogP contribution is -2.40. The maximum atomic E-state index is 6.00. The lowest BCUT2D eigenvalue weighted by molar-refractivity contribution is 0.108. The molecule has 1 aromatic rings. The topological polar surface area (TPSA) is 28.4 Å². The average molecular weight is 264 g/mol. The number of likely N-dealkylation sites (tertiary alicyclic amines) is 1. The van der Waals surface area contributed by atoms with E-state index in [1.807, 2.05) is 0 Å². The molecule has 0 bridgehead atoms. The van der Waals surface area contributed by atoms with Gasteiger partial charge in [-0.3, -0.25) is 4.90 Å². The van der Waals surface area contributed by atoms with E-state index < -0.39 is 0 Å². The van der Waals surface area contributed by atoms with Crippen LogP contribution in [-0.4, -0.2) is 24.0 Å². The van der Waals surface area contributed by atoms with Crippen LogP contribution in [0.5, 0.6) is 0 Å². The highest BCUT2D eigenvalue weighted by Crippen LogP contribution is 2.24. The van der Waals surface area contributed by atoms with Crippen LogP contribution in [-0.2, 0) is 13.1 Å². The van der Waals surface area contributed by atoms with Crippen LogP contribution in [0.1, 0.15) is 50.7 Å². The molecule has 0 saturated carbocycles. The minimum atomic E-state index is 0.679. The van der Waals surface area contributed by atoms with Crippen molar-refractivity contribution in [3.8, 4) is 0 Å². The number of hydrogen-bond donors (Lipinski definition) is 1. The molecule has 1 saturated heterocycles. The van der Waals surface area contributed by atoms with Crippen LogP contribution in [0.25, 0.3) is 0 Å². The Balaban J connectivity index is 1.98. The Kier molecular flexibility index (Phi) is 5.06. The Morgan fingerprint density at radius 2 is 2.16 bits per heavy atom. The zero-order valence-corrected chi connectivity index (χ0v) is 12.8. The van der Waals surface area contributed by atoms with Crippen LogP contribution in [0.3, 0.4) is 0 Å². The molecule has 2 rings (SSSR count). The van der Waals surface area contributed by atoms with Gasteiger partial charge in [0, 0.05) is 12.6 Å². The van der Waals surface area contributed by atoms with E-state index in [-0.39, 0.29) is 0 Å². The number of rotatable bonds is 5. The second-order valence-electron chi connectivity index (χ2n) is 6.06. The van der Waals surface area contributed by atoms with E-state index in [0.717, 1.165) is 37.1 Å². The first-order chi connectivity index (χ1) is 9.10. The average Bonchev–Trinajstić information content (AvgIpc) is 2.72. The van der Waals surface area contributed by atoms with E-state index in [9.17, 15) is 0 Å². The van der Waals surface area contributed by atoms with Crippen molar-refractivity contribution >= 4 is 0 Å². The number of piperidine rings is 1. The van der Waals surface area contributed by atoms with Crippen LogP contribution in [0.4, 0.5) is 0 Å². The van der Waals surface area contributed by atoms with Crippen molar-refractivity contribution in [1.82, 2.24) is 10.2 Å². The van der Waals surface area contributed by atoms with Gasteiger partial charge in [-0.15, -0.1) is 0 Å². The van der Waals surface area contributed by atoms with Gasteiger partial charge in [-0.05, 0) is 50.8 Å². The van der Waals surface area contributed by atoms with Gasteiger partial charge in [-0.2, -0.15) is 0 Å². The lowest BCUT2D eigenvalue weighted by Gasteiger charge is -2.36. The SMILES string of the molecule is CCNCc1oc(CN2CC(C)CCC2C)cc1C. The molecule has 1 aliphatic heterocycles. The Morgan fingerprint density at radius 3 is 2.89 bits per heavy atom. The van der Waals surface area contributed by atoms with Crippen LogP contribution in [0, 0.1) is 12.8 Å². The van der Waals surface area contributed by atoms with E-state index in [1.165, 1.54) is 24.9 Å². The molecule has 0 aromatic carbocycles. The van der Waals surface area contributed by atoms with Gasteiger partial charge in [0.05, 0.1) is 13.1 Å². The van der Waals surface area contributed by atoms with E-state index in [0.29, 0.717) is 6.04 Å². The first-order valence-corrected chi connectivity index (χ1v) is 7.63. The molecule has 0 spiro atoms. The van der Waals surface area contributed by atoms with E-state index in [2.05, 4.69) is 44.0 Å². The third-order valence-corrected chi connectivity index (χ3v) is 4.21. The van der Waals surface area contributed by atoms with Crippen LogP contribution in [0.2, 0.25) is 0 Å². The molecule has 1 N–H and O–H groups in total. The maximum Gasteiger partial charge on any atom is 0.120 e. The fourth-order valence-corrected chi connectivity index (χ4v) is 2.88. The van der Waals surface area contributed by atoms with Crippen LogP contribution >= 0.6 is 0 Å². The smallest absolute Gasteiger partial charge is 0.120 e. The molecule has 1 aromatic heterocycles. The van der Waals surface area contributed by atoms with Crippen LogP contribution in [0.15, 0.2) is 10.5 Å². The molecule has 3 nitrogen and oxygen atoms in total. The maximum absolute atomic E-state index is 6.00. The molecule has 2 atom stereocenters. The summed E-state index contributed by atoms with van der Waals surface area (Å²) < 4.78 is 6.00. The van der Waals surface area contributed by atoms with Gasteiger partial charge in [0.15, 0.2) is 0 Å². The van der Waals surface area contributed by atoms with Crippen LogP contribution < -0.4 is 5.32 Å². The molecule has 1 aliphatic rings. The summed E-state index contributed by atoms with van der Waals surface area (Å²) in [5, 5.41) is 3.33. The fourth-order valence-electron chi connectivity index (χ4n) is 2.88. The standard InChI is InChI=1S/C16H28N2O/c1-5-17-9-16-13(3)8-15(19-16)11-18-10-12(2)6-7-14(18)4/h8,12,14,17H,5-7,9-11H2,1-4H3. The molecule has 108 valence electrons. The van der Waals surface area contributed by atoms with Gasteiger partial charge in [0.25, 0.3) is 0 Å². The van der Waals surface area contributed by atoms with Gasteiger partial charge in [-0.1, -0.05) is 13.8 Å². The Morgan fingerprint density at radius 1 is 1.37 bits per heavy atom. The van der Waals surface area contributed by atoms with E-state index in [1.54, 1.807) is 0 Å². The molecular weight excluding hydrogens is 236 g/mol. The van der Waals surface area contributed by atoms with Crippen molar-refractivity contribution in [2.45, 2.75) is 59.7 Å².